The Labute approximate surface area is 126 Å². The van der Waals surface area contributed by atoms with Crippen LogP contribution in [0.15, 0.2) is 12.1 Å². The van der Waals surface area contributed by atoms with Gasteiger partial charge in [-0.25, -0.2) is 9.78 Å². The van der Waals surface area contributed by atoms with Crippen LogP contribution in [0.2, 0.25) is 5.15 Å². The number of carboxylic acids is 1. The molecule has 1 aliphatic heterocycles. The zero-order valence-corrected chi connectivity index (χ0v) is 12.3. The van der Waals surface area contributed by atoms with Crippen molar-refractivity contribution < 1.29 is 19.4 Å². The van der Waals surface area contributed by atoms with Crippen molar-refractivity contribution in [3.05, 3.63) is 22.8 Å². The van der Waals surface area contributed by atoms with Gasteiger partial charge in [0.1, 0.15) is 22.6 Å². The Morgan fingerprint density at radius 3 is 2.71 bits per heavy atom. The minimum Gasteiger partial charge on any atom is -0.478 e. The van der Waals surface area contributed by atoms with Crippen LogP contribution in [0, 0.1) is 0 Å². The zero-order chi connectivity index (χ0) is 15.4. The first-order chi connectivity index (χ1) is 9.99. The van der Waals surface area contributed by atoms with Gasteiger partial charge in [-0.1, -0.05) is 11.6 Å². The van der Waals surface area contributed by atoms with E-state index < -0.39 is 12.0 Å². The number of anilines is 1. The van der Waals surface area contributed by atoms with Crippen LogP contribution in [-0.2, 0) is 9.53 Å². The molecule has 0 aromatic carbocycles. The SMILES string of the molecule is CC(Nc1nc(Cl)ccc1C(=O)O)C(=O)N1CCOCC1. The third kappa shape index (κ3) is 3.83. The number of aromatic carboxylic acids is 1. The molecule has 0 radical (unpaired) electrons. The van der Waals surface area contributed by atoms with Gasteiger partial charge < -0.3 is 20.1 Å². The van der Waals surface area contributed by atoms with E-state index >= 15 is 0 Å². The molecule has 1 fully saturated rings. The van der Waals surface area contributed by atoms with Gasteiger partial charge in [-0.05, 0) is 19.1 Å². The van der Waals surface area contributed by atoms with E-state index in [9.17, 15) is 9.59 Å². The molecule has 0 saturated carbocycles. The molecular weight excluding hydrogens is 298 g/mol. The molecule has 2 N–H and O–H groups in total. The van der Waals surface area contributed by atoms with Gasteiger partial charge in [0, 0.05) is 13.1 Å². The van der Waals surface area contributed by atoms with Gasteiger partial charge in [-0.3, -0.25) is 4.79 Å². The molecule has 2 heterocycles. The van der Waals surface area contributed by atoms with Crippen LogP contribution in [-0.4, -0.2) is 59.2 Å². The second kappa shape index (κ2) is 6.73. The molecule has 7 nitrogen and oxygen atoms in total. The monoisotopic (exact) mass is 313 g/mol. The Kier molecular flexibility index (Phi) is 4.98. The van der Waals surface area contributed by atoms with Crippen molar-refractivity contribution in [1.82, 2.24) is 9.88 Å². The zero-order valence-electron chi connectivity index (χ0n) is 11.5. The summed E-state index contributed by atoms with van der Waals surface area (Å²) in [5.41, 5.74) is -0.0268. The summed E-state index contributed by atoms with van der Waals surface area (Å²) >= 11 is 5.78. The van der Waals surface area contributed by atoms with E-state index in [2.05, 4.69) is 10.3 Å². The first-order valence-electron chi connectivity index (χ1n) is 6.52. The number of halogens is 1. The van der Waals surface area contributed by atoms with Crippen molar-refractivity contribution in [2.75, 3.05) is 31.6 Å². The van der Waals surface area contributed by atoms with Crippen LogP contribution in [0.4, 0.5) is 5.82 Å². The molecule has 21 heavy (non-hydrogen) atoms. The van der Waals surface area contributed by atoms with E-state index in [1.807, 2.05) is 0 Å². The van der Waals surface area contributed by atoms with Gasteiger partial charge in [-0.2, -0.15) is 0 Å². The highest BCUT2D eigenvalue weighted by Crippen LogP contribution is 2.18. The number of carbonyl (C=O) groups is 2. The standard InChI is InChI=1S/C13H16ClN3O4/c1-8(12(18)17-4-6-21-7-5-17)15-11-9(13(19)20)2-3-10(14)16-11/h2-3,8H,4-7H2,1H3,(H,15,16)(H,19,20). The number of hydrogen-bond donors (Lipinski definition) is 2. The minimum atomic E-state index is -1.13. The Morgan fingerprint density at radius 1 is 1.43 bits per heavy atom. The van der Waals surface area contributed by atoms with E-state index in [1.54, 1.807) is 11.8 Å². The topological polar surface area (TPSA) is 91.8 Å². The maximum Gasteiger partial charge on any atom is 0.339 e. The third-order valence-electron chi connectivity index (χ3n) is 3.14. The summed E-state index contributed by atoms with van der Waals surface area (Å²) in [5.74, 6) is -1.17. The first kappa shape index (κ1) is 15.5. The lowest BCUT2D eigenvalue weighted by Crippen LogP contribution is -2.47. The number of aromatic nitrogens is 1. The van der Waals surface area contributed by atoms with Crippen molar-refractivity contribution in [2.24, 2.45) is 0 Å². The van der Waals surface area contributed by atoms with Gasteiger partial charge in [0.05, 0.1) is 13.2 Å². The summed E-state index contributed by atoms with van der Waals surface area (Å²) in [6.45, 7) is 3.73. The molecule has 1 amide bonds. The van der Waals surface area contributed by atoms with Crippen molar-refractivity contribution in [3.63, 3.8) is 0 Å². The Morgan fingerprint density at radius 2 is 2.10 bits per heavy atom. The fraction of sp³-hybridized carbons (Fsp3) is 0.462. The summed E-state index contributed by atoms with van der Waals surface area (Å²) < 4.78 is 5.19. The Bertz CT molecular complexity index is 546. The van der Waals surface area contributed by atoms with E-state index in [1.165, 1.54) is 12.1 Å². The van der Waals surface area contributed by atoms with Crippen LogP contribution in [0.3, 0.4) is 0 Å². The molecule has 1 unspecified atom stereocenters. The Balaban J connectivity index is 2.11. The number of carbonyl (C=O) groups excluding carboxylic acids is 1. The number of amides is 1. The molecule has 0 aliphatic carbocycles. The number of nitrogens with zero attached hydrogens (tertiary/aromatic N) is 2. The normalized spacial score (nSPS) is 16.4. The molecule has 8 heteroatoms. The molecule has 2 rings (SSSR count). The van der Waals surface area contributed by atoms with Crippen molar-refractivity contribution in [3.8, 4) is 0 Å². The quantitative estimate of drug-likeness (QED) is 0.809. The lowest BCUT2D eigenvalue weighted by Gasteiger charge is -2.29. The number of hydrogen-bond acceptors (Lipinski definition) is 5. The Hall–Kier alpha value is -1.86. The summed E-state index contributed by atoms with van der Waals surface area (Å²) in [5, 5.41) is 12.1. The third-order valence-corrected chi connectivity index (χ3v) is 3.35. The number of carboxylic acid groups (broad SMARTS) is 1. The summed E-state index contributed by atoms with van der Waals surface area (Å²) in [7, 11) is 0. The van der Waals surface area contributed by atoms with Gasteiger partial charge in [0.25, 0.3) is 0 Å². The molecule has 0 bridgehead atoms. The maximum atomic E-state index is 12.3. The van der Waals surface area contributed by atoms with Crippen molar-refractivity contribution >= 4 is 29.3 Å². The highest BCUT2D eigenvalue weighted by Gasteiger charge is 2.24. The van der Waals surface area contributed by atoms with Gasteiger partial charge in [-0.15, -0.1) is 0 Å². The van der Waals surface area contributed by atoms with Crippen LogP contribution >= 0.6 is 11.6 Å². The highest BCUT2D eigenvalue weighted by molar-refractivity contribution is 6.29. The van der Waals surface area contributed by atoms with Gasteiger partial charge in [0.2, 0.25) is 5.91 Å². The summed E-state index contributed by atoms with van der Waals surface area (Å²) in [6.07, 6.45) is 0. The van der Waals surface area contributed by atoms with E-state index in [0.717, 1.165) is 0 Å². The average molecular weight is 314 g/mol. The van der Waals surface area contributed by atoms with Crippen LogP contribution in [0.1, 0.15) is 17.3 Å². The minimum absolute atomic E-state index is 0.0268. The lowest BCUT2D eigenvalue weighted by molar-refractivity contribution is -0.135. The predicted octanol–water partition coefficient (Wildman–Crippen LogP) is 1.09. The average Bonchev–Trinajstić information content (AvgIpc) is 2.47. The molecule has 1 aliphatic rings. The summed E-state index contributed by atoms with van der Waals surface area (Å²) in [6, 6.07) is 2.14. The first-order valence-corrected chi connectivity index (χ1v) is 6.89. The smallest absolute Gasteiger partial charge is 0.339 e. The van der Waals surface area contributed by atoms with Gasteiger partial charge in [0.15, 0.2) is 0 Å². The highest BCUT2D eigenvalue weighted by atomic mass is 35.5. The fourth-order valence-electron chi connectivity index (χ4n) is 2.04. The number of rotatable bonds is 4. The molecule has 1 aromatic rings. The summed E-state index contributed by atoms with van der Waals surface area (Å²) in [4.78, 5) is 29.0. The van der Waals surface area contributed by atoms with E-state index in [-0.39, 0.29) is 22.4 Å². The second-order valence-electron chi connectivity index (χ2n) is 4.64. The lowest BCUT2D eigenvalue weighted by atomic mass is 10.2. The van der Waals surface area contributed by atoms with Crippen molar-refractivity contribution in [1.29, 1.82) is 0 Å². The van der Waals surface area contributed by atoms with Crippen molar-refractivity contribution in [2.45, 2.75) is 13.0 Å². The number of ether oxygens (including phenoxy) is 1. The number of pyridine rings is 1. The number of nitrogens with one attached hydrogen (secondary N) is 1. The largest absolute Gasteiger partial charge is 0.478 e. The fourth-order valence-corrected chi connectivity index (χ4v) is 2.19. The maximum absolute atomic E-state index is 12.3. The molecule has 0 spiro atoms. The molecular formula is C13H16ClN3O4. The molecule has 1 atom stereocenters. The van der Waals surface area contributed by atoms with Crippen LogP contribution < -0.4 is 5.32 Å². The predicted molar refractivity (Wildman–Crippen MR) is 76.7 cm³/mol. The van der Waals surface area contributed by atoms with E-state index in [4.69, 9.17) is 21.4 Å². The van der Waals surface area contributed by atoms with Crippen LogP contribution in [0.25, 0.3) is 0 Å². The van der Waals surface area contributed by atoms with E-state index in [0.29, 0.717) is 26.3 Å². The number of morpholine rings is 1. The van der Waals surface area contributed by atoms with Crippen LogP contribution in [0.5, 0.6) is 0 Å². The second-order valence-corrected chi connectivity index (χ2v) is 5.03. The molecule has 1 saturated heterocycles. The van der Waals surface area contributed by atoms with Gasteiger partial charge >= 0.3 is 5.97 Å². The molecule has 114 valence electrons. The molecule has 1 aromatic heterocycles.